The van der Waals surface area contributed by atoms with Crippen LogP contribution in [-0.4, -0.2) is 33.4 Å². The van der Waals surface area contributed by atoms with Crippen LogP contribution >= 0.6 is 12.4 Å². The number of methoxy groups -OCH3 is 2. The van der Waals surface area contributed by atoms with E-state index in [2.05, 4.69) is 24.0 Å². The van der Waals surface area contributed by atoms with E-state index in [-0.39, 0.29) is 18.4 Å². The Bertz CT molecular complexity index is 448. The highest BCUT2D eigenvalue weighted by atomic mass is 35.5. The van der Waals surface area contributed by atoms with Crippen LogP contribution in [0.4, 0.5) is 5.69 Å². The van der Waals surface area contributed by atoms with Crippen molar-refractivity contribution in [1.29, 1.82) is 0 Å². The van der Waals surface area contributed by atoms with Gasteiger partial charge in [0.15, 0.2) is 0 Å². The largest absolute Gasteiger partial charge is 0.496 e. The van der Waals surface area contributed by atoms with Crippen molar-refractivity contribution in [3.8, 4) is 11.5 Å². The summed E-state index contributed by atoms with van der Waals surface area (Å²) in [5, 5.41) is 0. The SMILES string of the molecule is CCC(N)Cc1cc(OC)c(N2CCCC2)cc1OC.Cl. The molecular formula is C16H27ClN2O2. The maximum atomic E-state index is 6.07. The van der Waals surface area contributed by atoms with E-state index in [1.54, 1.807) is 14.2 Å². The predicted molar refractivity (Wildman–Crippen MR) is 90.2 cm³/mol. The molecule has 2 N–H and O–H groups in total. The van der Waals surface area contributed by atoms with Crippen molar-refractivity contribution in [3.63, 3.8) is 0 Å². The molecule has 1 saturated heterocycles. The highest BCUT2D eigenvalue weighted by Crippen LogP contribution is 2.37. The van der Waals surface area contributed by atoms with Crippen LogP contribution in [0.25, 0.3) is 0 Å². The molecule has 1 aromatic rings. The number of rotatable bonds is 6. The summed E-state index contributed by atoms with van der Waals surface area (Å²) in [6.07, 6.45) is 4.26. The van der Waals surface area contributed by atoms with Gasteiger partial charge in [0.2, 0.25) is 0 Å². The standard InChI is InChI=1S/C16H26N2O2.ClH/c1-4-13(17)9-12-10-16(20-3)14(11-15(12)19-2)18-7-5-6-8-18;/h10-11,13H,4-9,17H2,1-3H3;1H. The highest BCUT2D eigenvalue weighted by Gasteiger charge is 2.20. The maximum absolute atomic E-state index is 6.07. The van der Waals surface area contributed by atoms with Gasteiger partial charge in [0.25, 0.3) is 0 Å². The molecule has 1 aliphatic rings. The second kappa shape index (κ2) is 8.35. The third-order valence-corrected chi connectivity index (χ3v) is 4.04. The Balaban J connectivity index is 0.00000220. The number of hydrogen-bond acceptors (Lipinski definition) is 4. The Morgan fingerprint density at radius 1 is 1.14 bits per heavy atom. The molecule has 0 aromatic heterocycles. The van der Waals surface area contributed by atoms with Gasteiger partial charge in [-0.05, 0) is 37.3 Å². The molecule has 1 fully saturated rings. The van der Waals surface area contributed by atoms with Crippen LogP contribution in [0.3, 0.4) is 0 Å². The Hall–Kier alpha value is -1.13. The van der Waals surface area contributed by atoms with E-state index in [0.29, 0.717) is 0 Å². The Labute approximate surface area is 134 Å². The van der Waals surface area contributed by atoms with Crippen molar-refractivity contribution in [2.45, 2.75) is 38.6 Å². The molecule has 2 rings (SSSR count). The summed E-state index contributed by atoms with van der Waals surface area (Å²) < 4.78 is 11.1. The first-order chi connectivity index (χ1) is 9.69. The van der Waals surface area contributed by atoms with Crippen LogP contribution in [0.1, 0.15) is 31.7 Å². The van der Waals surface area contributed by atoms with Gasteiger partial charge in [0.1, 0.15) is 11.5 Å². The Morgan fingerprint density at radius 2 is 1.76 bits per heavy atom. The van der Waals surface area contributed by atoms with Gasteiger partial charge in [-0.1, -0.05) is 6.92 Å². The van der Waals surface area contributed by atoms with Crippen molar-refractivity contribution in [2.24, 2.45) is 5.73 Å². The molecule has 21 heavy (non-hydrogen) atoms. The number of ether oxygens (including phenoxy) is 2. The van der Waals surface area contributed by atoms with E-state index >= 15 is 0 Å². The highest BCUT2D eigenvalue weighted by molar-refractivity contribution is 5.85. The summed E-state index contributed by atoms with van der Waals surface area (Å²) in [7, 11) is 3.45. The number of halogens is 1. The maximum Gasteiger partial charge on any atom is 0.142 e. The van der Waals surface area contributed by atoms with Gasteiger partial charge in [-0.3, -0.25) is 0 Å². The molecule has 0 amide bonds. The first kappa shape index (κ1) is 17.9. The molecule has 1 atom stereocenters. The molecule has 1 heterocycles. The second-order valence-electron chi connectivity index (χ2n) is 5.40. The number of anilines is 1. The summed E-state index contributed by atoms with van der Waals surface area (Å²) in [4.78, 5) is 2.37. The monoisotopic (exact) mass is 314 g/mol. The lowest BCUT2D eigenvalue weighted by molar-refractivity contribution is 0.397. The van der Waals surface area contributed by atoms with E-state index < -0.39 is 0 Å². The molecule has 1 aromatic carbocycles. The van der Waals surface area contributed by atoms with Crippen LogP contribution in [0.2, 0.25) is 0 Å². The van der Waals surface area contributed by atoms with Gasteiger partial charge in [0, 0.05) is 25.2 Å². The van der Waals surface area contributed by atoms with Gasteiger partial charge in [-0.15, -0.1) is 12.4 Å². The first-order valence-electron chi connectivity index (χ1n) is 7.45. The topological polar surface area (TPSA) is 47.7 Å². The lowest BCUT2D eigenvalue weighted by Crippen LogP contribution is -2.22. The van der Waals surface area contributed by atoms with E-state index in [0.717, 1.165) is 48.7 Å². The summed E-state index contributed by atoms with van der Waals surface area (Å²) in [6, 6.07) is 4.34. The zero-order chi connectivity index (χ0) is 14.5. The molecule has 1 aliphatic heterocycles. The van der Waals surface area contributed by atoms with Gasteiger partial charge >= 0.3 is 0 Å². The van der Waals surface area contributed by atoms with Crippen LogP contribution in [0.5, 0.6) is 11.5 Å². The predicted octanol–water partition coefficient (Wildman–Crippen LogP) is 3.01. The van der Waals surface area contributed by atoms with E-state index in [1.807, 2.05) is 0 Å². The third kappa shape index (κ3) is 4.17. The third-order valence-electron chi connectivity index (χ3n) is 4.04. The minimum absolute atomic E-state index is 0. The number of nitrogens with zero attached hydrogens (tertiary/aromatic N) is 1. The molecular weight excluding hydrogens is 288 g/mol. The summed E-state index contributed by atoms with van der Waals surface area (Å²) >= 11 is 0. The van der Waals surface area contributed by atoms with Crippen LogP contribution in [-0.2, 0) is 6.42 Å². The smallest absolute Gasteiger partial charge is 0.142 e. The summed E-state index contributed by atoms with van der Waals surface area (Å²) in [5.41, 5.74) is 8.33. The lowest BCUT2D eigenvalue weighted by atomic mass is 10.0. The number of benzene rings is 1. The second-order valence-corrected chi connectivity index (χ2v) is 5.40. The van der Waals surface area contributed by atoms with Crippen molar-refractivity contribution in [1.82, 2.24) is 0 Å². The fourth-order valence-corrected chi connectivity index (χ4v) is 2.74. The van der Waals surface area contributed by atoms with Gasteiger partial charge < -0.3 is 20.1 Å². The molecule has 0 bridgehead atoms. The van der Waals surface area contributed by atoms with Gasteiger partial charge in [-0.2, -0.15) is 0 Å². The van der Waals surface area contributed by atoms with Crippen molar-refractivity contribution in [2.75, 3.05) is 32.2 Å². The molecule has 0 saturated carbocycles. The molecule has 5 heteroatoms. The minimum Gasteiger partial charge on any atom is -0.496 e. The van der Waals surface area contributed by atoms with Gasteiger partial charge in [0.05, 0.1) is 19.9 Å². The summed E-state index contributed by atoms with van der Waals surface area (Å²) in [5.74, 6) is 1.84. The Morgan fingerprint density at radius 3 is 2.29 bits per heavy atom. The minimum atomic E-state index is 0. The number of nitrogens with two attached hydrogens (primary N) is 1. The summed E-state index contributed by atoms with van der Waals surface area (Å²) in [6.45, 7) is 4.29. The zero-order valence-corrected chi connectivity index (χ0v) is 14.0. The number of hydrogen-bond donors (Lipinski definition) is 1. The molecule has 0 aliphatic carbocycles. The fourth-order valence-electron chi connectivity index (χ4n) is 2.74. The molecule has 0 spiro atoms. The van der Waals surface area contributed by atoms with Crippen molar-refractivity contribution in [3.05, 3.63) is 17.7 Å². The Kier molecular flexibility index (Phi) is 7.12. The lowest BCUT2D eigenvalue weighted by Gasteiger charge is -2.23. The van der Waals surface area contributed by atoms with Crippen molar-refractivity contribution >= 4 is 18.1 Å². The van der Waals surface area contributed by atoms with E-state index in [9.17, 15) is 0 Å². The molecule has 4 nitrogen and oxygen atoms in total. The molecule has 1 unspecified atom stereocenters. The average molecular weight is 315 g/mol. The zero-order valence-electron chi connectivity index (χ0n) is 13.2. The van der Waals surface area contributed by atoms with Gasteiger partial charge in [-0.25, -0.2) is 0 Å². The van der Waals surface area contributed by atoms with E-state index in [4.69, 9.17) is 15.2 Å². The van der Waals surface area contributed by atoms with Crippen LogP contribution < -0.4 is 20.1 Å². The molecule has 0 radical (unpaired) electrons. The van der Waals surface area contributed by atoms with Crippen molar-refractivity contribution < 1.29 is 9.47 Å². The van der Waals surface area contributed by atoms with Crippen LogP contribution in [0.15, 0.2) is 12.1 Å². The first-order valence-corrected chi connectivity index (χ1v) is 7.45. The van der Waals surface area contributed by atoms with Crippen LogP contribution in [0, 0.1) is 0 Å². The normalized spacial score (nSPS) is 15.5. The fraction of sp³-hybridized carbons (Fsp3) is 0.625. The van der Waals surface area contributed by atoms with E-state index in [1.165, 1.54) is 12.8 Å². The molecule has 120 valence electrons. The average Bonchev–Trinajstić information content (AvgIpc) is 3.00. The quantitative estimate of drug-likeness (QED) is 0.877.